The number of nitrogens with zero attached hydrogens (tertiary/aromatic N) is 2. The number of aromatic nitrogens is 1. The summed E-state index contributed by atoms with van der Waals surface area (Å²) >= 11 is 0. The van der Waals surface area contributed by atoms with Crippen LogP contribution in [0.25, 0.3) is 0 Å². The van der Waals surface area contributed by atoms with Gasteiger partial charge in [-0.3, -0.25) is 4.84 Å². The highest BCUT2D eigenvalue weighted by Crippen LogP contribution is 2.17. The number of hydrogen-bond acceptors (Lipinski definition) is 4. The monoisotopic (exact) mass is 354 g/mol. The maximum Gasteiger partial charge on any atom is 0.338 e. The lowest BCUT2D eigenvalue weighted by Gasteiger charge is -2.21. The van der Waals surface area contributed by atoms with Crippen LogP contribution in [-0.2, 0) is 18.0 Å². The molecule has 0 radical (unpaired) electrons. The molecule has 1 aromatic heterocycles. The second kappa shape index (κ2) is 9.77. The van der Waals surface area contributed by atoms with Gasteiger partial charge in [-0.25, -0.2) is 15.3 Å². The Morgan fingerprint density at radius 1 is 1.00 bits per heavy atom. The first kappa shape index (κ1) is 18.2. The van der Waals surface area contributed by atoms with Gasteiger partial charge >= 0.3 is 6.03 Å². The maximum absolute atomic E-state index is 11.8. The lowest BCUT2D eigenvalue weighted by atomic mass is 10.2. The lowest BCUT2D eigenvalue weighted by molar-refractivity contribution is 0.0490. The number of hydroxylamine groups is 1. The summed E-state index contributed by atoms with van der Waals surface area (Å²) in [6.07, 6.45) is 6.90. The van der Waals surface area contributed by atoms with Gasteiger partial charge in [0, 0.05) is 25.8 Å². The van der Waals surface area contributed by atoms with E-state index in [4.69, 9.17) is 4.84 Å². The number of rotatable bonds is 6. The minimum absolute atomic E-state index is 0.334. The molecule has 1 fully saturated rings. The Labute approximate surface area is 154 Å². The van der Waals surface area contributed by atoms with Gasteiger partial charge < -0.3 is 10.2 Å². The SMILES string of the molecule is O=C(NCc1ccc(N2CCCCCC2)nc1)NOCc1ccccc1. The van der Waals surface area contributed by atoms with E-state index in [9.17, 15) is 4.79 Å². The number of amides is 2. The van der Waals surface area contributed by atoms with Crippen molar-refractivity contribution in [3.8, 4) is 0 Å². The highest BCUT2D eigenvalue weighted by atomic mass is 16.7. The molecule has 0 spiro atoms. The normalized spacial score (nSPS) is 14.5. The van der Waals surface area contributed by atoms with Crippen LogP contribution in [0.2, 0.25) is 0 Å². The van der Waals surface area contributed by atoms with Crippen LogP contribution in [0.15, 0.2) is 48.7 Å². The van der Waals surface area contributed by atoms with Gasteiger partial charge in [0.15, 0.2) is 0 Å². The highest BCUT2D eigenvalue weighted by molar-refractivity contribution is 5.72. The summed E-state index contributed by atoms with van der Waals surface area (Å²) in [6.45, 7) is 2.89. The van der Waals surface area contributed by atoms with Gasteiger partial charge in [0.1, 0.15) is 5.82 Å². The number of urea groups is 1. The van der Waals surface area contributed by atoms with E-state index in [0.717, 1.165) is 30.0 Å². The number of carbonyl (C=O) groups excluding carboxylic acids is 1. The molecule has 0 aliphatic carbocycles. The molecule has 1 aliphatic heterocycles. The van der Waals surface area contributed by atoms with E-state index in [0.29, 0.717) is 13.2 Å². The van der Waals surface area contributed by atoms with Crippen molar-refractivity contribution in [3.05, 3.63) is 59.8 Å². The maximum atomic E-state index is 11.8. The topological polar surface area (TPSA) is 66.5 Å². The van der Waals surface area contributed by atoms with Gasteiger partial charge in [0.25, 0.3) is 0 Å². The smallest absolute Gasteiger partial charge is 0.338 e. The standard InChI is InChI=1S/C20H26N4O2/c25-20(23-26-16-17-8-4-3-5-9-17)22-15-18-10-11-19(21-14-18)24-12-6-1-2-7-13-24/h3-5,8-11,14H,1-2,6-7,12-13,15-16H2,(H2,22,23,25). The lowest BCUT2D eigenvalue weighted by Crippen LogP contribution is -2.35. The van der Waals surface area contributed by atoms with E-state index >= 15 is 0 Å². The molecule has 0 atom stereocenters. The van der Waals surface area contributed by atoms with Crippen LogP contribution in [-0.4, -0.2) is 24.1 Å². The summed E-state index contributed by atoms with van der Waals surface area (Å²) in [7, 11) is 0. The highest BCUT2D eigenvalue weighted by Gasteiger charge is 2.10. The molecule has 0 saturated carbocycles. The predicted octanol–water partition coefficient (Wildman–Crippen LogP) is 3.39. The molecule has 0 unspecified atom stereocenters. The molecule has 2 aromatic rings. The zero-order valence-corrected chi connectivity index (χ0v) is 15.0. The number of pyridine rings is 1. The Hall–Kier alpha value is -2.60. The average Bonchev–Trinajstić information content (AvgIpc) is 2.97. The molecule has 1 aromatic carbocycles. The third-order valence-electron chi connectivity index (χ3n) is 4.44. The van der Waals surface area contributed by atoms with Crippen LogP contribution in [0.4, 0.5) is 10.6 Å². The van der Waals surface area contributed by atoms with Crippen LogP contribution < -0.4 is 15.7 Å². The van der Waals surface area contributed by atoms with Crippen molar-refractivity contribution in [1.29, 1.82) is 0 Å². The van der Waals surface area contributed by atoms with Crippen molar-refractivity contribution in [2.75, 3.05) is 18.0 Å². The molecule has 138 valence electrons. The third-order valence-corrected chi connectivity index (χ3v) is 4.44. The van der Waals surface area contributed by atoms with Gasteiger partial charge in [-0.2, -0.15) is 0 Å². The van der Waals surface area contributed by atoms with Crippen molar-refractivity contribution in [3.63, 3.8) is 0 Å². The molecule has 1 aliphatic rings. The third kappa shape index (κ3) is 5.74. The zero-order chi connectivity index (χ0) is 18.0. The van der Waals surface area contributed by atoms with Crippen LogP contribution in [0.5, 0.6) is 0 Å². The number of hydrogen-bond donors (Lipinski definition) is 2. The molecular formula is C20H26N4O2. The Balaban J connectivity index is 1.39. The largest absolute Gasteiger partial charge is 0.357 e. The first-order valence-corrected chi connectivity index (χ1v) is 9.21. The second-order valence-electron chi connectivity index (χ2n) is 6.48. The van der Waals surface area contributed by atoms with Crippen molar-refractivity contribution in [1.82, 2.24) is 15.8 Å². The van der Waals surface area contributed by atoms with Crippen LogP contribution >= 0.6 is 0 Å². The molecule has 2 N–H and O–H groups in total. The van der Waals surface area contributed by atoms with E-state index in [1.807, 2.05) is 48.7 Å². The summed E-state index contributed by atoms with van der Waals surface area (Å²) in [5.74, 6) is 1.02. The summed E-state index contributed by atoms with van der Waals surface area (Å²) < 4.78 is 0. The Bertz CT molecular complexity index is 668. The quantitative estimate of drug-likeness (QED) is 0.781. The Kier molecular flexibility index (Phi) is 6.84. The number of benzene rings is 1. The van der Waals surface area contributed by atoms with Gasteiger partial charge in [-0.05, 0) is 30.0 Å². The van der Waals surface area contributed by atoms with Crippen LogP contribution in [0.1, 0.15) is 36.8 Å². The Morgan fingerprint density at radius 3 is 2.46 bits per heavy atom. The van der Waals surface area contributed by atoms with Gasteiger partial charge in [0.05, 0.1) is 6.61 Å². The molecule has 2 heterocycles. The molecule has 6 nitrogen and oxygen atoms in total. The average molecular weight is 354 g/mol. The molecule has 26 heavy (non-hydrogen) atoms. The minimum Gasteiger partial charge on any atom is -0.357 e. The molecule has 1 saturated heterocycles. The Morgan fingerprint density at radius 2 is 1.77 bits per heavy atom. The summed E-state index contributed by atoms with van der Waals surface area (Å²) in [6, 6.07) is 13.4. The fraction of sp³-hybridized carbons (Fsp3) is 0.400. The van der Waals surface area contributed by atoms with Crippen molar-refractivity contribution < 1.29 is 9.63 Å². The van der Waals surface area contributed by atoms with E-state index in [1.54, 1.807) is 0 Å². The van der Waals surface area contributed by atoms with Crippen molar-refractivity contribution in [2.24, 2.45) is 0 Å². The fourth-order valence-corrected chi connectivity index (χ4v) is 2.99. The predicted molar refractivity (Wildman–Crippen MR) is 102 cm³/mol. The molecule has 3 rings (SSSR count). The summed E-state index contributed by atoms with van der Waals surface area (Å²) in [4.78, 5) is 23.9. The van der Waals surface area contributed by atoms with E-state index in [-0.39, 0.29) is 6.03 Å². The van der Waals surface area contributed by atoms with Crippen molar-refractivity contribution >= 4 is 11.8 Å². The van der Waals surface area contributed by atoms with Gasteiger partial charge in [0.2, 0.25) is 0 Å². The van der Waals surface area contributed by atoms with E-state index < -0.39 is 0 Å². The summed E-state index contributed by atoms with van der Waals surface area (Å²) in [5.41, 5.74) is 4.35. The van der Waals surface area contributed by atoms with Crippen molar-refractivity contribution in [2.45, 2.75) is 38.8 Å². The number of nitrogens with one attached hydrogen (secondary N) is 2. The fourth-order valence-electron chi connectivity index (χ4n) is 2.99. The number of carbonyl (C=O) groups is 1. The first-order chi connectivity index (χ1) is 12.8. The molecule has 2 amide bonds. The second-order valence-corrected chi connectivity index (χ2v) is 6.48. The zero-order valence-electron chi connectivity index (χ0n) is 15.0. The molecule has 6 heteroatoms. The molecule has 0 bridgehead atoms. The van der Waals surface area contributed by atoms with Crippen LogP contribution in [0, 0.1) is 0 Å². The van der Waals surface area contributed by atoms with E-state index in [1.165, 1.54) is 25.7 Å². The minimum atomic E-state index is -0.363. The van der Waals surface area contributed by atoms with Gasteiger partial charge in [-0.15, -0.1) is 0 Å². The first-order valence-electron chi connectivity index (χ1n) is 9.21. The van der Waals surface area contributed by atoms with Gasteiger partial charge in [-0.1, -0.05) is 49.2 Å². The summed E-state index contributed by atoms with van der Waals surface area (Å²) in [5, 5.41) is 2.77. The van der Waals surface area contributed by atoms with E-state index in [2.05, 4.69) is 20.7 Å². The number of anilines is 1. The van der Waals surface area contributed by atoms with Crippen LogP contribution in [0.3, 0.4) is 0 Å². The molecular weight excluding hydrogens is 328 g/mol.